The number of carbonyl (C=O) groups is 2. The molecule has 0 heterocycles. The molecule has 0 saturated heterocycles. The molecule has 2 aromatic carbocycles. The summed E-state index contributed by atoms with van der Waals surface area (Å²) in [4.78, 5) is 23.3. The van der Waals surface area contributed by atoms with Gasteiger partial charge in [-0.15, -0.1) is 0 Å². The van der Waals surface area contributed by atoms with Gasteiger partial charge in [-0.2, -0.15) is 0 Å². The molecule has 2 N–H and O–H groups in total. The van der Waals surface area contributed by atoms with Gasteiger partial charge in [0.1, 0.15) is 11.6 Å². The van der Waals surface area contributed by atoms with E-state index in [0.717, 1.165) is 18.2 Å². The lowest BCUT2D eigenvalue weighted by molar-refractivity contribution is 0.0844. The Morgan fingerprint density at radius 2 is 1.40 bits per heavy atom. The third kappa shape index (κ3) is 3.17. The molecule has 0 unspecified atom stereocenters. The second kappa shape index (κ2) is 5.92. The number of nitrogens with one attached hydrogen (secondary N) is 2. The van der Waals surface area contributed by atoms with E-state index in [1.165, 1.54) is 30.3 Å². The standard InChI is InChI=1S/C14H10F2N2O2/c15-10-7-5-9(6-8-10)13(19)17-18-14(20)11-3-1-2-4-12(11)16/h1-8H,(H,17,19)(H,18,20). The van der Waals surface area contributed by atoms with E-state index in [0.29, 0.717) is 0 Å². The first-order valence-electron chi connectivity index (χ1n) is 5.68. The quantitative estimate of drug-likeness (QED) is 0.825. The number of amides is 2. The zero-order valence-corrected chi connectivity index (χ0v) is 10.2. The Labute approximate surface area is 113 Å². The Kier molecular flexibility index (Phi) is 4.05. The van der Waals surface area contributed by atoms with Crippen molar-refractivity contribution in [3.8, 4) is 0 Å². The number of carbonyl (C=O) groups excluding carboxylic acids is 2. The molecule has 2 aromatic rings. The topological polar surface area (TPSA) is 58.2 Å². The van der Waals surface area contributed by atoms with Gasteiger partial charge in [-0.3, -0.25) is 20.4 Å². The monoisotopic (exact) mass is 276 g/mol. The van der Waals surface area contributed by atoms with Crippen LogP contribution in [0.15, 0.2) is 48.5 Å². The number of rotatable bonds is 2. The fourth-order valence-electron chi connectivity index (χ4n) is 1.50. The molecule has 0 aliphatic rings. The second-order valence-electron chi connectivity index (χ2n) is 3.89. The molecule has 4 nitrogen and oxygen atoms in total. The van der Waals surface area contributed by atoms with Crippen LogP contribution < -0.4 is 10.9 Å². The summed E-state index contributed by atoms with van der Waals surface area (Å²) in [6, 6.07) is 10.1. The number of halogens is 2. The summed E-state index contributed by atoms with van der Waals surface area (Å²) in [5, 5.41) is 0. The molecule has 102 valence electrons. The lowest BCUT2D eigenvalue weighted by atomic mass is 10.2. The Hall–Kier alpha value is -2.76. The lowest BCUT2D eigenvalue weighted by Gasteiger charge is -2.07. The van der Waals surface area contributed by atoms with E-state index in [-0.39, 0.29) is 11.1 Å². The maximum Gasteiger partial charge on any atom is 0.272 e. The SMILES string of the molecule is O=C(NNC(=O)c1ccccc1F)c1ccc(F)cc1. The van der Waals surface area contributed by atoms with Crippen molar-refractivity contribution < 1.29 is 18.4 Å². The third-order valence-electron chi connectivity index (χ3n) is 2.51. The third-order valence-corrected chi connectivity index (χ3v) is 2.51. The molecule has 0 aliphatic carbocycles. The summed E-state index contributed by atoms with van der Waals surface area (Å²) in [6.45, 7) is 0. The van der Waals surface area contributed by atoms with Crippen LogP contribution in [0.1, 0.15) is 20.7 Å². The van der Waals surface area contributed by atoms with Crippen molar-refractivity contribution in [3.63, 3.8) is 0 Å². The second-order valence-corrected chi connectivity index (χ2v) is 3.89. The highest BCUT2D eigenvalue weighted by atomic mass is 19.1. The molecule has 6 heteroatoms. The predicted octanol–water partition coefficient (Wildman–Crippen LogP) is 2.04. The number of hydrogen-bond donors (Lipinski definition) is 2. The number of hydrazine groups is 1. The first-order chi connectivity index (χ1) is 9.58. The van der Waals surface area contributed by atoms with Gasteiger partial charge in [-0.1, -0.05) is 12.1 Å². The average molecular weight is 276 g/mol. The van der Waals surface area contributed by atoms with E-state index in [1.54, 1.807) is 0 Å². The van der Waals surface area contributed by atoms with Crippen LogP contribution in [-0.4, -0.2) is 11.8 Å². The molecule has 20 heavy (non-hydrogen) atoms. The molecule has 0 bridgehead atoms. The summed E-state index contributed by atoms with van der Waals surface area (Å²) in [7, 11) is 0. The van der Waals surface area contributed by atoms with Crippen LogP contribution in [-0.2, 0) is 0 Å². The van der Waals surface area contributed by atoms with Crippen LogP contribution in [0.4, 0.5) is 8.78 Å². The van der Waals surface area contributed by atoms with Crippen LogP contribution in [0.5, 0.6) is 0 Å². The Balaban J connectivity index is 1.99. The van der Waals surface area contributed by atoms with Gasteiger partial charge in [0, 0.05) is 5.56 Å². The van der Waals surface area contributed by atoms with Gasteiger partial charge in [0.15, 0.2) is 0 Å². The highest BCUT2D eigenvalue weighted by Crippen LogP contribution is 2.05. The van der Waals surface area contributed by atoms with Gasteiger partial charge in [-0.05, 0) is 36.4 Å². The highest BCUT2D eigenvalue weighted by molar-refractivity contribution is 5.99. The largest absolute Gasteiger partial charge is 0.272 e. The van der Waals surface area contributed by atoms with Crippen molar-refractivity contribution in [1.29, 1.82) is 0 Å². The van der Waals surface area contributed by atoms with E-state index < -0.39 is 23.4 Å². The summed E-state index contributed by atoms with van der Waals surface area (Å²) < 4.78 is 26.0. The number of benzene rings is 2. The Morgan fingerprint density at radius 1 is 0.800 bits per heavy atom. The van der Waals surface area contributed by atoms with Gasteiger partial charge in [0.05, 0.1) is 5.56 Å². The Bertz CT molecular complexity index is 642. The van der Waals surface area contributed by atoms with E-state index in [9.17, 15) is 18.4 Å². The first-order valence-corrected chi connectivity index (χ1v) is 5.68. The zero-order valence-electron chi connectivity index (χ0n) is 10.2. The molecule has 0 radical (unpaired) electrons. The van der Waals surface area contributed by atoms with Crippen LogP contribution >= 0.6 is 0 Å². The summed E-state index contributed by atoms with van der Waals surface area (Å²) >= 11 is 0. The van der Waals surface area contributed by atoms with Crippen LogP contribution in [0.3, 0.4) is 0 Å². The molecule has 0 fully saturated rings. The molecule has 0 atom stereocenters. The van der Waals surface area contributed by atoms with Crippen molar-refractivity contribution >= 4 is 11.8 Å². The Morgan fingerprint density at radius 3 is 2.05 bits per heavy atom. The van der Waals surface area contributed by atoms with Gasteiger partial charge >= 0.3 is 0 Å². The zero-order chi connectivity index (χ0) is 14.5. The summed E-state index contributed by atoms with van der Waals surface area (Å²) in [5.41, 5.74) is 4.18. The summed E-state index contributed by atoms with van der Waals surface area (Å²) in [5.74, 6) is -2.58. The van der Waals surface area contributed by atoms with Crippen LogP contribution in [0, 0.1) is 11.6 Å². The first kappa shape index (κ1) is 13.7. The van der Waals surface area contributed by atoms with Crippen molar-refractivity contribution in [1.82, 2.24) is 10.9 Å². The smallest absolute Gasteiger partial charge is 0.267 e. The van der Waals surface area contributed by atoms with Crippen LogP contribution in [0.25, 0.3) is 0 Å². The maximum absolute atomic E-state index is 13.3. The van der Waals surface area contributed by atoms with Crippen molar-refractivity contribution in [3.05, 3.63) is 71.3 Å². The predicted molar refractivity (Wildman–Crippen MR) is 67.7 cm³/mol. The molecule has 2 amide bonds. The average Bonchev–Trinajstić information content (AvgIpc) is 2.45. The molecular weight excluding hydrogens is 266 g/mol. The van der Waals surface area contributed by atoms with Crippen molar-refractivity contribution in [2.24, 2.45) is 0 Å². The fourth-order valence-corrected chi connectivity index (χ4v) is 1.50. The summed E-state index contributed by atoms with van der Waals surface area (Å²) in [6.07, 6.45) is 0. The minimum Gasteiger partial charge on any atom is -0.267 e. The van der Waals surface area contributed by atoms with E-state index in [4.69, 9.17) is 0 Å². The van der Waals surface area contributed by atoms with Gasteiger partial charge in [0.25, 0.3) is 11.8 Å². The van der Waals surface area contributed by atoms with E-state index in [2.05, 4.69) is 10.9 Å². The molecule has 0 saturated carbocycles. The van der Waals surface area contributed by atoms with Crippen molar-refractivity contribution in [2.45, 2.75) is 0 Å². The highest BCUT2D eigenvalue weighted by Gasteiger charge is 2.12. The van der Waals surface area contributed by atoms with Crippen LogP contribution in [0.2, 0.25) is 0 Å². The molecular formula is C14H10F2N2O2. The molecule has 2 rings (SSSR count). The number of hydrogen-bond acceptors (Lipinski definition) is 2. The molecule has 0 aliphatic heterocycles. The van der Waals surface area contributed by atoms with Gasteiger partial charge in [-0.25, -0.2) is 8.78 Å². The fraction of sp³-hybridized carbons (Fsp3) is 0. The molecule has 0 spiro atoms. The minimum atomic E-state index is -0.779. The minimum absolute atomic E-state index is 0.167. The van der Waals surface area contributed by atoms with Gasteiger partial charge in [0.2, 0.25) is 0 Å². The van der Waals surface area contributed by atoms with E-state index in [1.807, 2.05) is 0 Å². The maximum atomic E-state index is 13.3. The lowest BCUT2D eigenvalue weighted by Crippen LogP contribution is -2.41. The van der Waals surface area contributed by atoms with Crippen molar-refractivity contribution in [2.75, 3.05) is 0 Å². The normalized spacial score (nSPS) is 9.90. The van der Waals surface area contributed by atoms with Gasteiger partial charge < -0.3 is 0 Å². The van der Waals surface area contributed by atoms with E-state index >= 15 is 0 Å². The molecule has 0 aromatic heterocycles.